The Labute approximate surface area is 63.8 Å². The monoisotopic (exact) mass is 139 g/mol. The van der Waals surface area contributed by atoms with Crippen LogP contribution in [0.5, 0.6) is 0 Å². The van der Waals surface area contributed by atoms with E-state index >= 15 is 0 Å². The van der Waals surface area contributed by atoms with E-state index in [-0.39, 0.29) is 0 Å². The van der Waals surface area contributed by atoms with Crippen molar-refractivity contribution < 1.29 is 0 Å². The Kier molecular flexibility index (Phi) is 6.19. The smallest absolute Gasteiger partial charge is 0.00105 e. The summed E-state index contributed by atoms with van der Waals surface area (Å²) in [6, 6.07) is 0.595. The Morgan fingerprint density at radius 3 is 2.70 bits per heavy atom. The van der Waals surface area contributed by atoms with Crippen molar-refractivity contribution in [3.63, 3.8) is 0 Å². The van der Waals surface area contributed by atoms with Gasteiger partial charge in [0.25, 0.3) is 0 Å². The lowest BCUT2D eigenvalue weighted by atomic mass is 10.3. The Morgan fingerprint density at radius 2 is 2.20 bits per heavy atom. The summed E-state index contributed by atoms with van der Waals surface area (Å²) in [6.07, 6.45) is 6.98. The first-order chi connectivity index (χ1) is 4.77. The van der Waals surface area contributed by atoms with E-state index in [0.29, 0.717) is 6.04 Å². The topological polar surface area (TPSA) is 12.0 Å². The second-order valence-corrected chi connectivity index (χ2v) is 2.56. The van der Waals surface area contributed by atoms with Gasteiger partial charge in [0.1, 0.15) is 0 Å². The molecule has 0 radical (unpaired) electrons. The molecule has 0 saturated carbocycles. The van der Waals surface area contributed by atoms with Crippen LogP contribution in [0, 0.1) is 0 Å². The van der Waals surface area contributed by atoms with Crippen LogP contribution in [0.2, 0.25) is 0 Å². The van der Waals surface area contributed by atoms with Crippen LogP contribution in [0.25, 0.3) is 0 Å². The predicted octanol–water partition coefficient (Wildman–Crippen LogP) is 2.12. The summed E-state index contributed by atoms with van der Waals surface area (Å²) in [5.74, 6) is 0. The summed E-state index contributed by atoms with van der Waals surface area (Å²) in [6.45, 7) is 8.94. The molecular weight excluding hydrogens is 122 g/mol. The maximum atomic E-state index is 3.59. The Bertz CT molecular complexity index is 103. The molecule has 0 aromatic rings. The van der Waals surface area contributed by atoms with Gasteiger partial charge in [-0.05, 0) is 13.0 Å². The van der Waals surface area contributed by atoms with Crippen molar-refractivity contribution >= 4 is 0 Å². The predicted molar refractivity (Wildman–Crippen MR) is 47.1 cm³/mol. The van der Waals surface area contributed by atoms with Crippen molar-refractivity contribution in [1.29, 1.82) is 0 Å². The number of hydrogen-bond acceptors (Lipinski definition) is 1. The molecular formula is C9H17N. The molecule has 0 aromatic heterocycles. The number of hydrogen-bond donors (Lipinski definition) is 1. The molecule has 0 aliphatic carbocycles. The molecule has 58 valence electrons. The van der Waals surface area contributed by atoms with Crippen LogP contribution in [-0.2, 0) is 0 Å². The minimum Gasteiger partial charge on any atom is -0.314 e. The van der Waals surface area contributed by atoms with Gasteiger partial charge < -0.3 is 5.32 Å². The summed E-state index contributed by atoms with van der Waals surface area (Å²) >= 11 is 0. The molecule has 0 aliphatic rings. The Morgan fingerprint density at radius 1 is 1.50 bits per heavy atom. The minimum atomic E-state index is 0.595. The zero-order valence-corrected chi connectivity index (χ0v) is 6.93. The third-order valence-electron chi connectivity index (χ3n) is 1.14. The van der Waals surface area contributed by atoms with Gasteiger partial charge in [-0.15, -0.1) is 0 Å². The second kappa shape index (κ2) is 6.56. The fourth-order valence-corrected chi connectivity index (χ4v) is 0.648. The highest BCUT2D eigenvalue weighted by Crippen LogP contribution is 1.83. The van der Waals surface area contributed by atoms with Crippen LogP contribution in [-0.4, -0.2) is 12.6 Å². The molecule has 1 nitrogen and oxygen atoms in total. The van der Waals surface area contributed by atoms with E-state index in [1.807, 2.05) is 6.08 Å². The number of allylic oxidation sites excluding steroid dienone is 2. The van der Waals surface area contributed by atoms with Gasteiger partial charge >= 0.3 is 0 Å². The maximum absolute atomic E-state index is 3.59. The van der Waals surface area contributed by atoms with Crippen molar-refractivity contribution in [2.45, 2.75) is 26.3 Å². The van der Waals surface area contributed by atoms with E-state index in [9.17, 15) is 0 Å². The standard InChI is InChI=1S/C9H17N/c1-4-5-6-7-8-10-9(2)3/h4-6,9-10H,1,7-8H2,2-3H3. The van der Waals surface area contributed by atoms with Crippen molar-refractivity contribution in [2.24, 2.45) is 0 Å². The molecule has 0 aliphatic heterocycles. The summed E-state index contributed by atoms with van der Waals surface area (Å²) in [7, 11) is 0. The first-order valence-corrected chi connectivity index (χ1v) is 3.78. The van der Waals surface area contributed by atoms with E-state index in [1.54, 1.807) is 6.08 Å². The largest absolute Gasteiger partial charge is 0.314 e. The molecule has 1 heteroatoms. The quantitative estimate of drug-likeness (QED) is 0.454. The molecule has 0 saturated heterocycles. The van der Waals surface area contributed by atoms with Crippen molar-refractivity contribution in [3.8, 4) is 0 Å². The Hall–Kier alpha value is -0.560. The summed E-state index contributed by atoms with van der Waals surface area (Å²) < 4.78 is 0. The highest BCUT2D eigenvalue weighted by Gasteiger charge is 1.87. The molecule has 0 bridgehead atoms. The van der Waals surface area contributed by atoms with Gasteiger partial charge in [0, 0.05) is 6.04 Å². The van der Waals surface area contributed by atoms with E-state index < -0.39 is 0 Å². The first kappa shape index (κ1) is 9.44. The van der Waals surface area contributed by atoms with Crippen molar-refractivity contribution in [2.75, 3.05) is 6.54 Å². The van der Waals surface area contributed by atoms with Crippen LogP contribution in [0.1, 0.15) is 20.3 Å². The maximum Gasteiger partial charge on any atom is 0.00105 e. The SMILES string of the molecule is C=CC=CCCNC(C)C. The molecule has 0 atom stereocenters. The average molecular weight is 139 g/mol. The van der Waals surface area contributed by atoms with Crippen LogP contribution in [0.4, 0.5) is 0 Å². The second-order valence-electron chi connectivity index (χ2n) is 2.56. The van der Waals surface area contributed by atoms with E-state index in [1.165, 1.54) is 0 Å². The third kappa shape index (κ3) is 7.44. The van der Waals surface area contributed by atoms with Gasteiger partial charge in [0.15, 0.2) is 0 Å². The lowest BCUT2D eigenvalue weighted by Gasteiger charge is -2.04. The van der Waals surface area contributed by atoms with Crippen LogP contribution in [0.3, 0.4) is 0 Å². The molecule has 0 fully saturated rings. The Balaban J connectivity index is 3.04. The highest BCUT2D eigenvalue weighted by atomic mass is 14.9. The lowest BCUT2D eigenvalue weighted by Crippen LogP contribution is -2.23. The summed E-state index contributed by atoms with van der Waals surface area (Å²) in [4.78, 5) is 0. The molecule has 1 N–H and O–H groups in total. The van der Waals surface area contributed by atoms with Gasteiger partial charge in [-0.2, -0.15) is 0 Å². The van der Waals surface area contributed by atoms with E-state index in [2.05, 4.69) is 31.8 Å². The fourth-order valence-electron chi connectivity index (χ4n) is 0.648. The van der Waals surface area contributed by atoms with Gasteiger partial charge in [0.2, 0.25) is 0 Å². The molecule has 0 heterocycles. The van der Waals surface area contributed by atoms with Gasteiger partial charge in [-0.1, -0.05) is 38.7 Å². The highest BCUT2D eigenvalue weighted by molar-refractivity contribution is 4.97. The minimum absolute atomic E-state index is 0.595. The summed E-state index contributed by atoms with van der Waals surface area (Å²) in [5, 5.41) is 3.32. The molecule has 10 heavy (non-hydrogen) atoms. The summed E-state index contributed by atoms with van der Waals surface area (Å²) in [5.41, 5.74) is 0. The molecule has 0 amide bonds. The zero-order chi connectivity index (χ0) is 7.82. The molecule has 0 rings (SSSR count). The number of nitrogens with one attached hydrogen (secondary N) is 1. The van der Waals surface area contributed by atoms with Crippen LogP contribution < -0.4 is 5.32 Å². The first-order valence-electron chi connectivity index (χ1n) is 3.78. The molecule has 0 spiro atoms. The zero-order valence-electron chi connectivity index (χ0n) is 6.93. The number of rotatable bonds is 5. The molecule has 0 aromatic carbocycles. The van der Waals surface area contributed by atoms with Crippen molar-refractivity contribution in [1.82, 2.24) is 5.32 Å². The van der Waals surface area contributed by atoms with Gasteiger partial charge in [0.05, 0.1) is 0 Å². The van der Waals surface area contributed by atoms with Gasteiger partial charge in [-0.25, -0.2) is 0 Å². The fraction of sp³-hybridized carbons (Fsp3) is 0.556. The van der Waals surface area contributed by atoms with Crippen LogP contribution in [0.15, 0.2) is 24.8 Å². The van der Waals surface area contributed by atoms with E-state index in [0.717, 1.165) is 13.0 Å². The van der Waals surface area contributed by atoms with E-state index in [4.69, 9.17) is 0 Å². The van der Waals surface area contributed by atoms with Gasteiger partial charge in [-0.3, -0.25) is 0 Å². The van der Waals surface area contributed by atoms with Crippen molar-refractivity contribution in [3.05, 3.63) is 24.8 Å². The lowest BCUT2D eigenvalue weighted by molar-refractivity contribution is 0.595. The van der Waals surface area contributed by atoms with Crippen LogP contribution >= 0.6 is 0 Å². The molecule has 0 unspecified atom stereocenters. The average Bonchev–Trinajstić information content (AvgIpc) is 1.87. The third-order valence-corrected chi connectivity index (χ3v) is 1.14. The normalized spacial score (nSPS) is 11.1.